The van der Waals surface area contributed by atoms with Gasteiger partial charge in [-0.3, -0.25) is 0 Å². The van der Waals surface area contributed by atoms with Crippen molar-refractivity contribution < 1.29 is 9.13 Å². The fraction of sp³-hybridized carbons (Fsp3) is 0.455. The fourth-order valence-corrected chi connectivity index (χ4v) is 1.67. The van der Waals surface area contributed by atoms with Gasteiger partial charge < -0.3 is 10.1 Å². The molecule has 0 aliphatic carbocycles. The van der Waals surface area contributed by atoms with E-state index in [0.717, 1.165) is 18.8 Å². The van der Waals surface area contributed by atoms with Crippen LogP contribution in [0.25, 0.3) is 0 Å². The Hall–Kier alpha value is -1.09. The van der Waals surface area contributed by atoms with Crippen molar-refractivity contribution in [3.63, 3.8) is 0 Å². The molecule has 0 bridgehead atoms. The number of hydrogen-bond acceptors (Lipinski definition) is 2. The third-order valence-corrected chi connectivity index (χ3v) is 2.47. The first-order valence-electron chi connectivity index (χ1n) is 4.85. The lowest BCUT2D eigenvalue weighted by molar-refractivity contribution is 0.330. The van der Waals surface area contributed by atoms with Crippen LogP contribution in [0, 0.1) is 0 Å². The molecule has 0 fully saturated rings. The second-order valence-corrected chi connectivity index (χ2v) is 3.49. The zero-order valence-corrected chi connectivity index (χ0v) is 8.22. The van der Waals surface area contributed by atoms with Gasteiger partial charge in [0.05, 0.1) is 6.61 Å². The minimum atomic E-state index is -0.950. The highest BCUT2D eigenvalue weighted by atomic mass is 19.1. The number of fused-ring (bicyclic) bond motifs is 1. The maximum atomic E-state index is 13.5. The summed E-state index contributed by atoms with van der Waals surface area (Å²) in [6.45, 7) is 1.07. The molecule has 1 N–H and O–H groups in total. The SMILES string of the molecule is CNCC(F)c1ccc2c(c1)OCC2. The van der Waals surface area contributed by atoms with Crippen molar-refractivity contribution in [1.82, 2.24) is 5.32 Å². The highest BCUT2D eigenvalue weighted by molar-refractivity contribution is 5.40. The van der Waals surface area contributed by atoms with Gasteiger partial charge >= 0.3 is 0 Å². The summed E-state index contributed by atoms with van der Waals surface area (Å²) in [5.74, 6) is 0.848. The number of alkyl halides is 1. The summed E-state index contributed by atoms with van der Waals surface area (Å²) in [5.41, 5.74) is 1.88. The van der Waals surface area contributed by atoms with Gasteiger partial charge in [-0.15, -0.1) is 0 Å². The summed E-state index contributed by atoms with van der Waals surface area (Å²) in [4.78, 5) is 0. The Morgan fingerprint density at radius 3 is 3.21 bits per heavy atom. The van der Waals surface area contributed by atoms with Crippen molar-refractivity contribution in [2.45, 2.75) is 12.6 Å². The lowest BCUT2D eigenvalue weighted by atomic mass is 10.1. The maximum Gasteiger partial charge on any atom is 0.138 e. The molecule has 1 atom stereocenters. The van der Waals surface area contributed by atoms with E-state index in [1.54, 1.807) is 7.05 Å². The largest absolute Gasteiger partial charge is 0.493 e. The minimum Gasteiger partial charge on any atom is -0.493 e. The standard InChI is InChI=1S/C11H14FNO/c1-13-7-10(12)9-3-2-8-4-5-14-11(8)6-9/h2-3,6,10,13H,4-5,7H2,1H3. The van der Waals surface area contributed by atoms with Gasteiger partial charge in [0.1, 0.15) is 11.9 Å². The van der Waals surface area contributed by atoms with E-state index in [9.17, 15) is 4.39 Å². The molecule has 1 aliphatic heterocycles. The van der Waals surface area contributed by atoms with Gasteiger partial charge in [-0.2, -0.15) is 0 Å². The third-order valence-electron chi connectivity index (χ3n) is 2.47. The average Bonchev–Trinajstić information content (AvgIpc) is 2.64. The lowest BCUT2D eigenvalue weighted by Crippen LogP contribution is -2.13. The Morgan fingerprint density at radius 1 is 1.57 bits per heavy atom. The molecule has 0 saturated heterocycles. The smallest absolute Gasteiger partial charge is 0.138 e. The molecule has 1 aliphatic rings. The number of likely N-dealkylation sites (N-methyl/N-ethyl adjacent to an activating group) is 1. The van der Waals surface area contributed by atoms with Crippen molar-refractivity contribution in [2.75, 3.05) is 20.2 Å². The van der Waals surface area contributed by atoms with Crippen LogP contribution in [0.1, 0.15) is 17.3 Å². The van der Waals surface area contributed by atoms with Crippen LogP contribution in [0.5, 0.6) is 5.75 Å². The van der Waals surface area contributed by atoms with E-state index in [1.807, 2.05) is 18.2 Å². The van der Waals surface area contributed by atoms with Crippen molar-refractivity contribution in [1.29, 1.82) is 0 Å². The number of benzene rings is 1. The Morgan fingerprint density at radius 2 is 2.43 bits per heavy atom. The van der Waals surface area contributed by atoms with Gasteiger partial charge in [-0.05, 0) is 24.2 Å². The van der Waals surface area contributed by atoms with Crippen LogP contribution in [0.4, 0.5) is 4.39 Å². The quantitative estimate of drug-likeness (QED) is 0.794. The Labute approximate surface area is 83.1 Å². The Kier molecular flexibility index (Phi) is 2.68. The fourth-order valence-electron chi connectivity index (χ4n) is 1.67. The molecular weight excluding hydrogens is 181 g/mol. The van der Waals surface area contributed by atoms with Crippen molar-refractivity contribution in [3.05, 3.63) is 29.3 Å². The van der Waals surface area contributed by atoms with E-state index in [-0.39, 0.29) is 0 Å². The van der Waals surface area contributed by atoms with E-state index >= 15 is 0 Å². The molecule has 0 amide bonds. The number of hydrogen-bond donors (Lipinski definition) is 1. The molecule has 1 aromatic rings. The van der Waals surface area contributed by atoms with Crippen LogP contribution in [0.15, 0.2) is 18.2 Å². The molecule has 1 unspecified atom stereocenters. The summed E-state index contributed by atoms with van der Waals surface area (Å²) in [6, 6.07) is 5.61. The normalized spacial score (nSPS) is 16.1. The molecule has 0 radical (unpaired) electrons. The van der Waals surface area contributed by atoms with Crippen LogP contribution in [0.3, 0.4) is 0 Å². The van der Waals surface area contributed by atoms with E-state index in [4.69, 9.17) is 4.74 Å². The van der Waals surface area contributed by atoms with Gasteiger partial charge in [-0.1, -0.05) is 12.1 Å². The predicted octanol–water partition coefficient (Wildman–Crippen LogP) is 1.85. The van der Waals surface area contributed by atoms with Gasteiger partial charge in [0.2, 0.25) is 0 Å². The molecule has 1 aromatic carbocycles. The van der Waals surface area contributed by atoms with Crippen molar-refractivity contribution in [2.24, 2.45) is 0 Å². The van der Waals surface area contributed by atoms with Crippen LogP contribution in [-0.2, 0) is 6.42 Å². The number of nitrogens with one attached hydrogen (secondary N) is 1. The molecule has 1 heterocycles. The highest BCUT2D eigenvalue weighted by Gasteiger charge is 2.15. The molecule has 2 rings (SSSR count). The third kappa shape index (κ3) is 1.73. The van der Waals surface area contributed by atoms with Gasteiger partial charge in [0, 0.05) is 13.0 Å². The minimum absolute atomic E-state index is 0.346. The van der Waals surface area contributed by atoms with Crippen molar-refractivity contribution >= 4 is 0 Å². The summed E-state index contributed by atoms with van der Waals surface area (Å²) < 4.78 is 18.9. The first-order chi connectivity index (χ1) is 6.81. The van der Waals surface area contributed by atoms with Gasteiger partial charge in [0.25, 0.3) is 0 Å². The zero-order chi connectivity index (χ0) is 9.97. The number of halogens is 1. The number of rotatable bonds is 3. The first kappa shape index (κ1) is 9.46. The molecule has 0 saturated carbocycles. The van der Waals surface area contributed by atoms with E-state index in [2.05, 4.69) is 5.32 Å². The summed E-state index contributed by atoms with van der Waals surface area (Å²) in [6.07, 6.45) is -0.00649. The van der Waals surface area contributed by atoms with Crippen LogP contribution in [-0.4, -0.2) is 20.2 Å². The molecule has 3 heteroatoms. The Balaban J connectivity index is 2.19. The van der Waals surface area contributed by atoms with Crippen molar-refractivity contribution in [3.8, 4) is 5.75 Å². The van der Waals surface area contributed by atoms with E-state index < -0.39 is 6.17 Å². The van der Waals surface area contributed by atoms with Crippen LogP contribution in [0.2, 0.25) is 0 Å². The lowest BCUT2D eigenvalue weighted by Gasteiger charge is -2.09. The first-order valence-corrected chi connectivity index (χ1v) is 4.85. The van der Waals surface area contributed by atoms with Crippen LogP contribution < -0.4 is 10.1 Å². The maximum absolute atomic E-state index is 13.5. The zero-order valence-electron chi connectivity index (χ0n) is 8.22. The topological polar surface area (TPSA) is 21.3 Å². The molecule has 76 valence electrons. The molecule has 14 heavy (non-hydrogen) atoms. The Bertz CT molecular complexity index is 327. The summed E-state index contributed by atoms with van der Waals surface area (Å²) >= 11 is 0. The number of ether oxygens (including phenoxy) is 1. The average molecular weight is 195 g/mol. The van der Waals surface area contributed by atoms with Gasteiger partial charge in [0.15, 0.2) is 0 Å². The molecule has 0 aromatic heterocycles. The molecule has 0 spiro atoms. The predicted molar refractivity (Wildman–Crippen MR) is 53.4 cm³/mol. The second kappa shape index (κ2) is 3.96. The second-order valence-electron chi connectivity index (χ2n) is 3.49. The van der Waals surface area contributed by atoms with E-state index in [1.165, 1.54) is 5.56 Å². The summed E-state index contributed by atoms with van der Waals surface area (Å²) in [7, 11) is 1.75. The van der Waals surface area contributed by atoms with Gasteiger partial charge in [-0.25, -0.2) is 4.39 Å². The van der Waals surface area contributed by atoms with E-state index in [0.29, 0.717) is 12.1 Å². The highest BCUT2D eigenvalue weighted by Crippen LogP contribution is 2.29. The summed E-state index contributed by atoms with van der Waals surface area (Å²) in [5, 5.41) is 2.82. The molecule has 2 nitrogen and oxygen atoms in total. The monoisotopic (exact) mass is 195 g/mol. The molecular formula is C11H14FNO. The van der Waals surface area contributed by atoms with Crippen LogP contribution >= 0.6 is 0 Å².